The van der Waals surface area contributed by atoms with Crippen LogP contribution in [0.1, 0.15) is 16.8 Å². The second kappa shape index (κ2) is 4.86. The van der Waals surface area contributed by atoms with Crippen LogP contribution in [0.4, 0.5) is 0 Å². The molecule has 16 heavy (non-hydrogen) atoms. The maximum absolute atomic E-state index is 11.9. The van der Waals surface area contributed by atoms with E-state index in [2.05, 4.69) is 10.3 Å². The molecule has 0 fully saturated rings. The van der Waals surface area contributed by atoms with E-state index in [9.17, 15) is 4.79 Å². The Bertz CT molecular complexity index is 503. The number of nitrogens with one attached hydrogen (secondary N) is 1. The third kappa shape index (κ3) is 2.09. The van der Waals surface area contributed by atoms with Gasteiger partial charge in [0.25, 0.3) is 0 Å². The molecule has 82 valence electrons. The third-order valence-electron chi connectivity index (χ3n) is 2.55. The van der Waals surface area contributed by atoms with Crippen molar-refractivity contribution in [1.82, 2.24) is 10.3 Å². The summed E-state index contributed by atoms with van der Waals surface area (Å²) in [5, 5.41) is 3.92. The normalized spacial score (nSPS) is 10.6. The monoisotopic (exact) mass is 214 g/mol. The number of ketones is 1. The summed E-state index contributed by atoms with van der Waals surface area (Å²) < 4.78 is 0. The van der Waals surface area contributed by atoms with E-state index in [4.69, 9.17) is 0 Å². The lowest BCUT2D eigenvalue weighted by atomic mass is 10.0. The second-order valence-electron chi connectivity index (χ2n) is 3.65. The zero-order valence-electron chi connectivity index (χ0n) is 9.23. The number of hydrogen-bond donors (Lipinski definition) is 1. The highest BCUT2D eigenvalue weighted by atomic mass is 16.1. The number of Topliss-reactive ketones (excluding diaryl/α,β-unsaturated/α-hetero) is 1. The summed E-state index contributed by atoms with van der Waals surface area (Å²) in [5.41, 5.74) is 1.64. The van der Waals surface area contributed by atoms with Gasteiger partial charge in [-0.05, 0) is 19.2 Å². The number of fused-ring (bicyclic) bond motifs is 1. The molecule has 1 N–H and O–H groups in total. The third-order valence-corrected chi connectivity index (χ3v) is 2.55. The summed E-state index contributed by atoms with van der Waals surface area (Å²) in [6.07, 6.45) is 2.26. The number of hydrogen-bond acceptors (Lipinski definition) is 3. The van der Waals surface area contributed by atoms with Gasteiger partial charge >= 0.3 is 0 Å². The Morgan fingerprint density at radius 1 is 1.31 bits per heavy atom. The zero-order valence-corrected chi connectivity index (χ0v) is 9.23. The summed E-state index contributed by atoms with van der Waals surface area (Å²) in [4.78, 5) is 16.2. The van der Waals surface area contributed by atoms with Gasteiger partial charge in [0.1, 0.15) is 0 Å². The molecule has 0 saturated carbocycles. The molecular formula is C13H14N2O. The molecule has 0 amide bonds. The van der Waals surface area contributed by atoms with Crippen LogP contribution < -0.4 is 5.32 Å². The van der Waals surface area contributed by atoms with E-state index >= 15 is 0 Å². The van der Waals surface area contributed by atoms with Crippen molar-refractivity contribution in [3.8, 4) is 0 Å². The highest BCUT2D eigenvalue weighted by molar-refractivity contribution is 6.07. The van der Waals surface area contributed by atoms with E-state index in [0.29, 0.717) is 13.0 Å². The molecule has 1 heterocycles. The highest BCUT2D eigenvalue weighted by Gasteiger charge is 2.08. The first kappa shape index (κ1) is 10.8. The van der Waals surface area contributed by atoms with Crippen molar-refractivity contribution in [1.29, 1.82) is 0 Å². The standard InChI is InChI=1S/C13H14N2O/c1-14-9-7-13(16)11-4-2-6-12-10(11)5-3-8-15-12/h2-6,8,14H,7,9H2,1H3. The highest BCUT2D eigenvalue weighted by Crippen LogP contribution is 2.17. The van der Waals surface area contributed by atoms with Gasteiger partial charge in [0, 0.05) is 30.1 Å². The lowest BCUT2D eigenvalue weighted by molar-refractivity contribution is 0.0985. The average Bonchev–Trinajstić information content (AvgIpc) is 2.35. The SMILES string of the molecule is CNCCC(=O)c1cccc2ncccc12. The molecule has 0 radical (unpaired) electrons. The van der Waals surface area contributed by atoms with E-state index in [0.717, 1.165) is 16.5 Å². The van der Waals surface area contributed by atoms with Crippen LogP contribution in [0.25, 0.3) is 10.9 Å². The van der Waals surface area contributed by atoms with Crippen molar-refractivity contribution in [3.05, 3.63) is 42.1 Å². The largest absolute Gasteiger partial charge is 0.319 e. The van der Waals surface area contributed by atoms with Gasteiger partial charge in [-0.2, -0.15) is 0 Å². The Morgan fingerprint density at radius 3 is 3.00 bits per heavy atom. The lowest BCUT2D eigenvalue weighted by Crippen LogP contribution is -2.13. The molecule has 0 spiro atoms. The number of rotatable bonds is 4. The van der Waals surface area contributed by atoms with Gasteiger partial charge in [0.15, 0.2) is 5.78 Å². The Hall–Kier alpha value is -1.74. The van der Waals surface area contributed by atoms with E-state index in [1.54, 1.807) is 6.20 Å². The van der Waals surface area contributed by atoms with Crippen molar-refractivity contribution < 1.29 is 4.79 Å². The predicted octanol–water partition coefficient (Wildman–Crippen LogP) is 2.03. The molecular weight excluding hydrogens is 200 g/mol. The number of pyridine rings is 1. The fraction of sp³-hybridized carbons (Fsp3) is 0.231. The maximum atomic E-state index is 11.9. The van der Waals surface area contributed by atoms with Crippen molar-refractivity contribution in [2.24, 2.45) is 0 Å². The van der Waals surface area contributed by atoms with E-state index in [1.165, 1.54) is 0 Å². The van der Waals surface area contributed by atoms with Gasteiger partial charge in [0.2, 0.25) is 0 Å². The van der Waals surface area contributed by atoms with Crippen LogP contribution in [0.15, 0.2) is 36.5 Å². The van der Waals surface area contributed by atoms with Crippen molar-refractivity contribution in [3.63, 3.8) is 0 Å². The van der Waals surface area contributed by atoms with E-state index < -0.39 is 0 Å². The van der Waals surface area contributed by atoms with Crippen LogP contribution in [-0.2, 0) is 0 Å². The van der Waals surface area contributed by atoms with Crippen molar-refractivity contribution in [2.45, 2.75) is 6.42 Å². The number of carbonyl (C=O) groups excluding carboxylic acids is 1. The zero-order chi connectivity index (χ0) is 11.4. The van der Waals surface area contributed by atoms with Crippen LogP contribution in [0.2, 0.25) is 0 Å². The number of nitrogens with zero attached hydrogens (tertiary/aromatic N) is 1. The van der Waals surface area contributed by atoms with Crippen LogP contribution in [0.5, 0.6) is 0 Å². The van der Waals surface area contributed by atoms with Gasteiger partial charge < -0.3 is 5.32 Å². The molecule has 2 rings (SSSR count). The number of carbonyl (C=O) groups is 1. The number of benzene rings is 1. The van der Waals surface area contributed by atoms with Gasteiger partial charge in [-0.15, -0.1) is 0 Å². The smallest absolute Gasteiger partial charge is 0.164 e. The molecule has 0 aliphatic heterocycles. The summed E-state index contributed by atoms with van der Waals surface area (Å²) in [5.74, 6) is 0.160. The minimum atomic E-state index is 0.160. The first-order valence-electron chi connectivity index (χ1n) is 5.34. The van der Waals surface area contributed by atoms with Gasteiger partial charge in [0.05, 0.1) is 5.52 Å². The van der Waals surface area contributed by atoms with Crippen LogP contribution >= 0.6 is 0 Å². The number of aromatic nitrogens is 1. The van der Waals surface area contributed by atoms with Crippen LogP contribution in [0, 0.1) is 0 Å². The van der Waals surface area contributed by atoms with Crippen molar-refractivity contribution in [2.75, 3.05) is 13.6 Å². The fourth-order valence-electron chi connectivity index (χ4n) is 1.72. The molecule has 0 atom stereocenters. The quantitative estimate of drug-likeness (QED) is 0.792. The van der Waals surface area contributed by atoms with E-state index in [-0.39, 0.29) is 5.78 Å². The Labute approximate surface area is 94.5 Å². The first-order chi connectivity index (χ1) is 7.83. The minimum Gasteiger partial charge on any atom is -0.319 e. The molecule has 2 aromatic rings. The Morgan fingerprint density at radius 2 is 2.19 bits per heavy atom. The van der Waals surface area contributed by atoms with E-state index in [1.807, 2.05) is 37.4 Å². The minimum absolute atomic E-state index is 0.160. The first-order valence-corrected chi connectivity index (χ1v) is 5.34. The second-order valence-corrected chi connectivity index (χ2v) is 3.65. The predicted molar refractivity (Wildman–Crippen MR) is 64.6 cm³/mol. The van der Waals surface area contributed by atoms with Crippen LogP contribution in [-0.4, -0.2) is 24.4 Å². The molecule has 1 aromatic heterocycles. The Balaban J connectivity index is 2.40. The molecule has 0 bridgehead atoms. The lowest BCUT2D eigenvalue weighted by Gasteiger charge is -2.04. The van der Waals surface area contributed by atoms with Crippen molar-refractivity contribution >= 4 is 16.7 Å². The van der Waals surface area contributed by atoms with Gasteiger partial charge in [-0.3, -0.25) is 9.78 Å². The van der Waals surface area contributed by atoms with Gasteiger partial charge in [-0.25, -0.2) is 0 Å². The molecule has 3 nitrogen and oxygen atoms in total. The summed E-state index contributed by atoms with van der Waals surface area (Å²) in [7, 11) is 1.85. The topological polar surface area (TPSA) is 42.0 Å². The van der Waals surface area contributed by atoms with Gasteiger partial charge in [-0.1, -0.05) is 18.2 Å². The average molecular weight is 214 g/mol. The molecule has 3 heteroatoms. The summed E-state index contributed by atoms with van der Waals surface area (Å²) in [6.45, 7) is 0.704. The Kier molecular flexibility index (Phi) is 3.27. The fourth-order valence-corrected chi connectivity index (χ4v) is 1.72. The molecule has 0 unspecified atom stereocenters. The summed E-state index contributed by atoms with van der Waals surface area (Å²) in [6, 6.07) is 9.46. The van der Waals surface area contributed by atoms with Crippen LogP contribution in [0.3, 0.4) is 0 Å². The maximum Gasteiger partial charge on any atom is 0.164 e. The summed E-state index contributed by atoms with van der Waals surface area (Å²) >= 11 is 0. The molecule has 0 aliphatic carbocycles. The molecule has 0 saturated heterocycles. The molecule has 1 aromatic carbocycles. The molecule has 0 aliphatic rings.